The number of fused-ring (bicyclic) bond motifs is 1. The van der Waals surface area contributed by atoms with Crippen LogP contribution in [0.3, 0.4) is 0 Å². The lowest BCUT2D eigenvalue weighted by molar-refractivity contribution is 0.0956. The molecule has 1 aromatic heterocycles. The van der Waals surface area contributed by atoms with Gasteiger partial charge in [-0.2, -0.15) is 5.10 Å². The zero-order chi connectivity index (χ0) is 18.5. The number of anilines is 1. The van der Waals surface area contributed by atoms with Crippen LogP contribution in [0, 0.1) is 0 Å². The highest BCUT2D eigenvalue weighted by atomic mass is 32.2. The van der Waals surface area contributed by atoms with E-state index in [-0.39, 0.29) is 11.9 Å². The fourth-order valence-electron chi connectivity index (χ4n) is 2.88. The van der Waals surface area contributed by atoms with Crippen molar-refractivity contribution >= 4 is 29.4 Å². The first-order valence-corrected chi connectivity index (χ1v) is 9.68. The average molecular weight is 373 g/mol. The fraction of sp³-hybridized carbons (Fsp3) is 0.389. The van der Waals surface area contributed by atoms with Gasteiger partial charge in [0, 0.05) is 36.2 Å². The quantitative estimate of drug-likeness (QED) is 0.703. The molecule has 138 valence electrons. The Labute approximate surface area is 156 Å². The number of rotatable bonds is 5. The molecule has 1 aliphatic heterocycles. The van der Waals surface area contributed by atoms with Crippen molar-refractivity contribution in [2.24, 2.45) is 0 Å². The number of urea groups is 1. The Kier molecular flexibility index (Phi) is 5.82. The average Bonchev–Trinajstić information content (AvgIpc) is 3.09. The van der Waals surface area contributed by atoms with Crippen LogP contribution in [0.1, 0.15) is 35.1 Å². The summed E-state index contributed by atoms with van der Waals surface area (Å²) in [6.45, 7) is 3.08. The zero-order valence-electron chi connectivity index (χ0n) is 15.0. The van der Waals surface area contributed by atoms with E-state index < -0.39 is 0 Å². The molecule has 3 N–H and O–H groups in total. The van der Waals surface area contributed by atoms with E-state index in [0.717, 1.165) is 34.0 Å². The van der Waals surface area contributed by atoms with E-state index in [4.69, 9.17) is 0 Å². The number of H-pyrrole nitrogens is 1. The van der Waals surface area contributed by atoms with Crippen molar-refractivity contribution in [3.63, 3.8) is 0 Å². The molecule has 0 bridgehead atoms. The fourth-order valence-corrected chi connectivity index (χ4v) is 3.75. The molecule has 0 aliphatic carbocycles. The lowest BCUT2D eigenvalue weighted by Gasteiger charge is -2.27. The van der Waals surface area contributed by atoms with Gasteiger partial charge in [-0.25, -0.2) is 4.79 Å². The van der Waals surface area contributed by atoms with Gasteiger partial charge in [-0.1, -0.05) is 19.1 Å². The molecule has 0 saturated carbocycles. The summed E-state index contributed by atoms with van der Waals surface area (Å²) < 4.78 is 0. The number of aromatic amines is 1. The number of para-hydroxylation sites is 1. The summed E-state index contributed by atoms with van der Waals surface area (Å²) in [5.41, 5.74) is 2.89. The van der Waals surface area contributed by atoms with Gasteiger partial charge < -0.3 is 15.5 Å². The molecule has 26 heavy (non-hydrogen) atoms. The van der Waals surface area contributed by atoms with Crippen LogP contribution >= 0.6 is 11.8 Å². The van der Waals surface area contributed by atoms with Gasteiger partial charge in [-0.15, -0.1) is 11.8 Å². The summed E-state index contributed by atoms with van der Waals surface area (Å²) in [6, 6.07) is 7.66. The summed E-state index contributed by atoms with van der Waals surface area (Å²) in [5.74, 6) is 0.760. The van der Waals surface area contributed by atoms with Crippen LogP contribution in [0.2, 0.25) is 0 Å². The number of benzene rings is 1. The van der Waals surface area contributed by atoms with Gasteiger partial charge in [-0.05, 0) is 24.3 Å². The summed E-state index contributed by atoms with van der Waals surface area (Å²) in [7, 11) is 1.57. The zero-order valence-corrected chi connectivity index (χ0v) is 15.8. The van der Waals surface area contributed by atoms with Gasteiger partial charge in [0.15, 0.2) is 5.69 Å². The Hall–Kier alpha value is -2.48. The van der Waals surface area contributed by atoms with Crippen LogP contribution in [-0.4, -0.2) is 46.4 Å². The van der Waals surface area contributed by atoms with Crippen LogP contribution < -0.4 is 10.6 Å². The number of carbonyl (C=O) groups is 2. The number of carbonyl (C=O) groups excluding carboxylic acids is 2. The Morgan fingerprint density at radius 2 is 2.15 bits per heavy atom. The highest BCUT2D eigenvalue weighted by molar-refractivity contribution is 7.99. The Bertz CT molecular complexity index is 805. The Morgan fingerprint density at radius 1 is 1.35 bits per heavy atom. The van der Waals surface area contributed by atoms with Crippen molar-refractivity contribution in [2.45, 2.75) is 31.2 Å². The Morgan fingerprint density at radius 3 is 2.92 bits per heavy atom. The minimum atomic E-state index is -0.244. The maximum Gasteiger partial charge on any atom is 0.322 e. The SMILES string of the molecule is CCCSc1ccccc1NC(=O)N1CCc2[nH]nc(C(=O)NC)c2C1. The van der Waals surface area contributed by atoms with E-state index in [0.29, 0.717) is 25.2 Å². The standard InChI is InChI=1S/C18H23N5O2S/c1-3-10-26-15-7-5-4-6-14(15)20-18(25)23-9-8-13-12(11-23)16(22-21-13)17(24)19-2/h4-7H,3,8-11H2,1-2H3,(H,19,24)(H,20,25)(H,21,22). The van der Waals surface area contributed by atoms with E-state index in [1.165, 1.54) is 0 Å². The lowest BCUT2D eigenvalue weighted by atomic mass is 10.1. The van der Waals surface area contributed by atoms with Crippen LogP contribution in [0.4, 0.5) is 10.5 Å². The minimum absolute atomic E-state index is 0.163. The van der Waals surface area contributed by atoms with Gasteiger partial charge in [0.05, 0.1) is 12.2 Å². The monoisotopic (exact) mass is 373 g/mol. The number of thioether (sulfide) groups is 1. The first-order chi connectivity index (χ1) is 12.6. The summed E-state index contributed by atoms with van der Waals surface area (Å²) in [5, 5.41) is 12.6. The molecule has 3 rings (SSSR count). The normalized spacial score (nSPS) is 13.2. The van der Waals surface area contributed by atoms with Crippen molar-refractivity contribution in [3.8, 4) is 0 Å². The maximum absolute atomic E-state index is 12.8. The van der Waals surface area contributed by atoms with E-state index in [1.54, 1.807) is 23.7 Å². The Balaban J connectivity index is 1.72. The van der Waals surface area contributed by atoms with Crippen LogP contribution in [0.25, 0.3) is 0 Å². The predicted octanol–water partition coefficient (Wildman–Crippen LogP) is 2.86. The van der Waals surface area contributed by atoms with E-state index in [9.17, 15) is 9.59 Å². The van der Waals surface area contributed by atoms with Gasteiger partial charge >= 0.3 is 6.03 Å². The summed E-state index contributed by atoms with van der Waals surface area (Å²) in [4.78, 5) is 27.5. The molecule has 1 aliphatic rings. The molecule has 1 aromatic carbocycles. The summed E-state index contributed by atoms with van der Waals surface area (Å²) in [6.07, 6.45) is 1.73. The smallest absolute Gasteiger partial charge is 0.322 e. The number of hydrogen-bond donors (Lipinski definition) is 3. The molecule has 2 heterocycles. The first kappa shape index (κ1) is 18.3. The molecule has 7 nitrogen and oxygen atoms in total. The first-order valence-electron chi connectivity index (χ1n) is 8.70. The number of nitrogens with one attached hydrogen (secondary N) is 3. The van der Waals surface area contributed by atoms with Gasteiger partial charge in [-0.3, -0.25) is 9.89 Å². The van der Waals surface area contributed by atoms with Crippen LogP contribution in [0.5, 0.6) is 0 Å². The second kappa shape index (κ2) is 8.27. The van der Waals surface area contributed by atoms with E-state index >= 15 is 0 Å². The summed E-state index contributed by atoms with van der Waals surface area (Å²) >= 11 is 1.73. The molecule has 0 radical (unpaired) electrons. The molecule has 8 heteroatoms. The maximum atomic E-state index is 12.8. The molecule has 0 atom stereocenters. The number of nitrogens with zero attached hydrogens (tertiary/aromatic N) is 2. The molecule has 0 saturated heterocycles. The van der Waals surface area contributed by atoms with Gasteiger partial charge in [0.2, 0.25) is 0 Å². The second-order valence-electron chi connectivity index (χ2n) is 6.05. The molecule has 0 spiro atoms. The molecular weight excluding hydrogens is 350 g/mol. The van der Waals surface area contributed by atoms with Crippen molar-refractivity contribution in [3.05, 3.63) is 41.2 Å². The third-order valence-corrected chi connectivity index (χ3v) is 5.53. The lowest BCUT2D eigenvalue weighted by Crippen LogP contribution is -2.39. The minimum Gasteiger partial charge on any atom is -0.354 e. The van der Waals surface area contributed by atoms with Crippen molar-refractivity contribution in [1.29, 1.82) is 0 Å². The van der Waals surface area contributed by atoms with Crippen molar-refractivity contribution in [2.75, 3.05) is 24.7 Å². The molecule has 2 aromatic rings. The number of aromatic nitrogens is 2. The number of amides is 3. The van der Waals surface area contributed by atoms with Gasteiger partial charge in [0.25, 0.3) is 5.91 Å². The second-order valence-corrected chi connectivity index (χ2v) is 7.19. The number of hydrogen-bond acceptors (Lipinski definition) is 4. The molecule has 3 amide bonds. The van der Waals surface area contributed by atoms with Crippen LogP contribution in [0.15, 0.2) is 29.2 Å². The topological polar surface area (TPSA) is 90.1 Å². The van der Waals surface area contributed by atoms with Crippen LogP contribution in [-0.2, 0) is 13.0 Å². The molecule has 0 unspecified atom stereocenters. The predicted molar refractivity (Wildman–Crippen MR) is 103 cm³/mol. The largest absolute Gasteiger partial charge is 0.354 e. The van der Waals surface area contributed by atoms with Crippen molar-refractivity contribution in [1.82, 2.24) is 20.4 Å². The van der Waals surface area contributed by atoms with Gasteiger partial charge in [0.1, 0.15) is 0 Å². The third-order valence-electron chi connectivity index (χ3n) is 4.25. The molecular formula is C18H23N5O2S. The van der Waals surface area contributed by atoms with Crippen molar-refractivity contribution < 1.29 is 9.59 Å². The molecule has 0 fully saturated rings. The van der Waals surface area contributed by atoms with E-state index in [2.05, 4.69) is 27.8 Å². The highest BCUT2D eigenvalue weighted by Crippen LogP contribution is 2.28. The van der Waals surface area contributed by atoms with E-state index in [1.807, 2.05) is 24.3 Å². The third kappa shape index (κ3) is 3.85. The highest BCUT2D eigenvalue weighted by Gasteiger charge is 2.27.